The van der Waals surface area contributed by atoms with Crippen molar-refractivity contribution in [3.8, 4) is 0 Å². The third-order valence-electron chi connectivity index (χ3n) is 4.57. The van der Waals surface area contributed by atoms with E-state index in [2.05, 4.69) is 11.4 Å². The average molecular weight is 388 g/mol. The second-order valence-electron chi connectivity index (χ2n) is 6.39. The summed E-state index contributed by atoms with van der Waals surface area (Å²) in [6, 6.07) is 6.78. The normalized spacial score (nSPS) is 18.0. The van der Waals surface area contributed by atoms with Crippen LogP contribution in [0.15, 0.2) is 24.3 Å². The van der Waals surface area contributed by atoms with Crippen molar-refractivity contribution in [3.05, 3.63) is 34.3 Å². The van der Waals surface area contributed by atoms with Crippen LogP contribution >= 0.6 is 0 Å². The van der Waals surface area contributed by atoms with E-state index in [-0.39, 0.29) is 14.5 Å². The fourth-order valence-corrected chi connectivity index (χ4v) is 5.47. The Morgan fingerprint density at radius 3 is 2.39 bits per heavy atom. The quantitative estimate of drug-likeness (QED) is 0.720. The fourth-order valence-electron chi connectivity index (χ4n) is 3.25. The van der Waals surface area contributed by atoms with Gasteiger partial charge in [-0.15, -0.1) is 0 Å². The van der Waals surface area contributed by atoms with Crippen LogP contribution in [0.25, 0.3) is 9.65 Å². The van der Waals surface area contributed by atoms with E-state index in [1.165, 1.54) is 61.5 Å². The summed E-state index contributed by atoms with van der Waals surface area (Å²) in [5.74, 6) is 0. The maximum absolute atomic E-state index is 12.8. The molecule has 0 radical (unpaired) electrons. The molecule has 0 bridgehead atoms. The Bertz CT molecular complexity index is 639. The standard InChI is InChI=1S/C18H22F3NSe/c19-18(20,21)14-9-8-13-10-16(23-17(13)11-14)12-22-15-6-4-2-1-3-5-7-15/h8-11,15,22H,1-7,12H2. The second kappa shape index (κ2) is 7.41. The van der Waals surface area contributed by atoms with E-state index in [9.17, 15) is 13.2 Å². The van der Waals surface area contributed by atoms with Crippen molar-refractivity contribution in [3.63, 3.8) is 0 Å². The van der Waals surface area contributed by atoms with Gasteiger partial charge in [0, 0.05) is 0 Å². The molecule has 0 saturated heterocycles. The minimum absolute atomic E-state index is 0.0191. The molecule has 2 aromatic rings. The molecule has 1 nitrogen and oxygen atoms in total. The van der Waals surface area contributed by atoms with Crippen LogP contribution in [0.4, 0.5) is 13.2 Å². The zero-order valence-corrected chi connectivity index (χ0v) is 14.8. The topological polar surface area (TPSA) is 12.0 Å². The number of fused-ring (bicyclic) bond motifs is 1. The van der Waals surface area contributed by atoms with E-state index in [0.29, 0.717) is 6.04 Å². The molecule has 3 rings (SSSR count). The van der Waals surface area contributed by atoms with E-state index < -0.39 is 11.7 Å². The van der Waals surface area contributed by atoms with Crippen LogP contribution in [0.2, 0.25) is 0 Å². The predicted molar refractivity (Wildman–Crippen MR) is 88.8 cm³/mol. The monoisotopic (exact) mass is 389 g/mol. The third kappa shape index (κ3) is 4.62. The van der Waals surface area contributed by atoms with Gasteiger partial charge in [-0.25, -0.2) is 0 Å². The van der Waals surface area contributed by atoms with E-state index in [4.69, 9.17) is 0 Å². The van der Waals surface area contributed by atoms with Crippen molar-refractivity contribution in [1.29, 1.82) is 0 Å². The molecule has 1 fully saturated rings. The summed E-state index contributed by atoms with van der Waals surface area (Å²) in [5, 5.41) is 4.60. The molecular formula is C18H22F3NSe. The van der Waals surface area contributed by atoms with Gasteiger partial charge in [0.15, 0.2) is 0 Å². The Labute approximate surface area is 141 Å². The summed E-state index contributed by atoms with van der Waals surface area (Å²) < 4.78 is 40.5. The van der Waals surface area contributed by atoms with E-state index in [1.807, 2.05) is 0 Å². The predicted octanol–water partition coefficient (Wildman–Crippen LogP) is 5.12. The van der Waals surface area contributed by atoms with Gasteiger partial charge in [0.2, 0.25) is 0 Å². The van der Waals surface area contributed by atoms with Crippen molar-refractivity contribution in [2.45, 2.75) is 63.7 Å². The second-order valence-corrected chi connectivity index (χ2v) is 8.84. The molecule has 1 aliphatic rings. The number of hydrogen-bond acceptors (Lipinski definition) is 1. The molecule has 0 aliphatic heterocycles. The molecule has 1 aromatic heterocycles. The molecule has 126 valence electrons. The fraction of sp³-hybridized carbons (Fsp3) is 0.556. The van der Waals surface area contributed by atoms with Gasteiger partial charge in [0.25, 0.3) is 0 Å². The van der Waals surface area contributed by atoms with Gasteiger partial charge in [0.05, 0.1) is 0 Å². The van der Waals surface area contributed by atoms with Crippen molar-refractivity contribution in [2.24, 2.45) is 0 Å². The molecule has 1 saturated carbocycles. The van der Waals surface area contributed by atoms with Gasteiger partial charge >= 0.3 is 141 Å². The minimum atomic E-state index is -4.25. The first-order valence-electron chi connectivity index (χ1n) is 8.35. The molecule has 1 aromatic carbocycles. The molecular weight excluding hydrogens is 366 g/mol. The maximum atomic E-state index is 12.8. The zero-order chi connectivity index (χ0) is 16.3. The van der Waals surface area contributed by atoms with E-state index in [0.717, 1.165) is 16.2 Å². The molecule has 23 heavy (non-hydrogen) atoms. The van der Waals surface area contributed by atoms with Gasteiger partial charge in [0.1, 0.15) is 0 Å². The molecule has 5 heteroatoms. The van der Waals surface area contributed by atoms with E-state index in [1.54, 1.807) is 6.07 Å². The molecule has 0 amide bonds. The number of hydrogen-bond donors (Lipinski definition) is 1. The summed E-state index contributed by atoms with van der Waals surface area (Å²) in [6.07, 6.45) is 4.81. The van der Waals surface area contributed by atoms with Crippen LogP contribution in [0.1, 0.15) is 54.9 Å². The van der Waals surface area contributed by atoms with Gasteiger partial charge in [-0.2, -0.15) is 0 Å². The molecule has 0 atom stereocenters. The molecule has 1 N–H and O–H groups in total. The van der Waals surface area contributed by atoms with Gasteiger partial charge in [-0.3, -0.25) is 0 Å². The van der Waals surface area contributed by atoms with E-state index >= 15 is 0 Å². The summed E-state index contributed by atoms with van der Waals surface area (Å²) >= 11 is 0.0191. The van der Waals surface area contributed by atoms with Crippen molar-refractivity contribution < 1.29 is 13.2 Å². The van der Waals surface area contributed by atoms with Crippen LogP contribution in [0.3, 0.4) is 0 Å². The van der Waals surface area contributed by atoms with Gasteiger partial charge in [-0.05, 0) is 0 Å². The summed E-state index contributed by atoms with van der Waals surface area (Å²) in [6.45, 7) is 0.820. The molecule has 1 aliphatic carbocycles. The molecule has 1 heterocycles. The van der Waals surface area contributed by atoms with Crippen molar-refractivity contribution in [1.82, 2.24) is 5.32 Å². The Morgan fingerprint density at radius 2 is 1.70 bits per heavy atom. The first-order chi connectivity index (χ1) is 11.0. The first kappa shape index (κ1) is 17.1. The number of benzene rings is 1. The van der Waals surface area contributed by atoms with Crippen LogP contribution in [-0.2, 0) is 12.7 Å². The van der Waals surface area contributed by atoms with Gasteiger partial charge < -0.3 is 0 Å². The average Bonchev–Trinajstić information content (AvgIpc) is 2.87. The van der Waals surface area contributed by atoms with Crippen LogP contribution in [0.5, 0.6) is 0 Å². The number of nitrogens with one attached hydrogen (secondary N) is 1. The van der Waals surface area contributed by atoms with Gasteiger partial charge in [-0.1, -0.05) is 0 Å². The Kier molecular flexibility index (Phi) is 5.50. The van der Waals surface area contributed by atoms with Crippen LogP contribution < -0.4 is 5.32 Å². The number of halogens is 3. The Morgan fingerprint density at radius 1 is 1.00 bits per heavy atom. The number of rotatable bonds is 3. The van der Waals surface area contributed by atoms with Crippen molar-refractivity contribution >= 4 is 24.1 Å². The SMILES string of the molecule is FC(F)(F)c1ccc2cc(CNC3CCCCCCC3)[se]c2c1. The van der Waals surface area contributed by atoms with Crippen LogP contribution in [-0.4, -0.2) is 20.5 Å². The summed E-state index contributed by atoms with van der Waals surface area (Å²) in [5.41, 5.74) is -0.527. The summed E-state index contributed by atoms with van der Waals surface area (Å²) in [4.78, 5) is 0. The Hall–Kier alpha value is -0.771. The molecule has 0 spiro atoms. The Balaban J connectivity index is 1.66. The zero-order valence-electron chi connectivity index (χ0n) is 13.1. The first-order valence-corrected chi connectivity index (χ1v) is 10.1. The van der Waals surface area contributed by atoms with Crippen LogP contribution in [0, 0.1) is 0 Å². The third-order valence-corrected chi connectivity index (χ3v) is 6.87. The van der Waals surface area contributed by atoms with Crippen molar-refractivity contribution in [2.75, 3.05) is 0 Å². The number of alkyl halides is 3. The molecule has 0 unspecified atom stereocenters. The summed E-state index contributed by atoms with van der Waals surface area (Å²) in [7, 11) is 0.